The summed E-state index contributed by atoms with van der Waals surface area (Å²) in [5.41, 5.74) is 1.64. The van der Waals surface area contributed by atoms with Gasteiger partial charge in [0.05, 0.1) is 0 Å². The summed E-state index contributed by atoms with van der Waals surface area (Å²) >= 11 is 0.583. The van der Waals surface area contributed by atoms with Crippen LogP contribution in [0.1, 0.15) is 39.0 Å². The van der Waals surface area contributed by atoms with Crippen molar-refractivity contribution in [1.29, 1.82) is 0 Å². The third kappa shape index (κ3) is 8.50. The Morgan fingerprint density at radius 1 is 1.15 bits per heavy atom. The molecule has 1 aliphatic carbocycles. The molecule has 0 unspecified atom stereocenters. The minimum atomic E-state index is 0.583. The molecule has 0 radical (unpaired) electrons. The zero-order chi connectivity index (χ0) is 9.94. The van der Waals surface area contributed by atoms with Crippen LogP contribution in [0.15, 0.2) is 23.8 Å². The molecule has 1 rings (SSSR count). The van der Waals surface area contributed by atoms with Crippen molar-refractivity contribution < 1.29 is 18.6 Å². The molecule has 0 N–H and O–H groups in total. The van der Waals surface area contributed by atoms with Gasteiger partial charge in [-0.25, -0.2) is 0 Å². The van der Waals surface area contributed by atoms with Gasteiger partial charge in [-0.3, -0.25) is 0 Å². The Bertz CT molecular complexity index is 157. The van der Waals surface area contributed by atoms with E-state index in [2.05, 4.69) is 35.8 Å². The summed E-state index contributed by atoms with van der Waals surface area (Å²) in [7, 11) is 0. The van der Waals surface area contributed by atoms with E-state index in [1.54, 1.807) is 5.57 Å². The van der Waals surface area contributed by atoms with Gasteiger partial charge in [0.1, 0.15) is 0 Å². The summed E-state index contributed by atoms with van der Waals surface area (Å²) in [5.74, 6) is 0. The van der Waals surface area contributed by atoms with Gasteiger partial charge in [-0.15, -0.1) is 0 Å². The second-order valence-electron chi connectivity index (χ2n) is 3.12. The molecule has 0 spiro atoms. The molecule has 0 aromatic carbocycles. The molecular weight excluding hydrogens is 339 g/mol. The van der Waals surface area contributed by atoms with E-state index in [9.17, 15) is 0 Å². The molecule has 0 atom stereocenters. The van der Waals surface area contributed by atoms with E-state index in [0.717, 1.165) is 0 Å². The summed E-state index contributed by atoms with van der Waals surface area (Å²) in [6.07, 6.45) is 13.3. The standard InChI is InChI=1S/C10H16.2CH3.Pt/c1-2-10-8-6-4-3-5-7-9-10;;;/h3-4,9H,2,5-8H2,1H3;2*1H3;/b4-3-,10-9-;;;. The van der Waals surface area contributed by atoms with Crippen LogP contribution >= 0.6 is 0 Å². The minimum absolute atomic E-state index is 0.583. The molecule has 0 aromatic rings. The Morgan fingerprint density at radius 3 is 2.38 bits per heavy atom. The molecular formula is C12H22Pt. The van der Waals surface area contributed by atoms with Crippen LogP contribution in [-0.4, -0.2) is 0 Å². The van der Waals surface area contributed by atoms with Crippen molar-refractivity contribution in [2.75, 3.05) is 0 Å². The average Bonchev–Trinajstić information content (AvgIpc) is 2.05. The Labute approximate surface area is 92.0 Å². The van der Waals surface area contributed by atoms with Crippen molar-refractivity contribution >= 4 is 0 Å². The Hall–Kier alpha value is 0.168. The van der Waals surface area contributed by atoms with Crippen LogP contribution in [0.3, 0.4) is 0 Å². The zero-order valence-electron chi connectivity index (χ0n) is 9.08. The fourth-order valence-electron chi connectivity index (χ4n) is 1.31. The first-order chi connectivity index (χ1) is 6.35. The van der Waals surface area contributed by atoms with Crippen molar-refractivity contribution in [1.82, 2.24) is 0 Å². The van der Waals surface area contributed by atoms with Gasteiger partial charge in [-0.2, -0.15) is 0 Å². The van der Waals surface area contributed by atoms with Crippen LogP contribution in [0.5, 0.6) is 0 Å². The molecule has 0 aliphatic heterocycles. The Balaban J connectivity index is 0.000000424. The quantitative estimate of drug-likeness (QED) is 0.598. The van der Waals surface area contributed by atoms with Crippen molar-refractivity contribution in [3.8, 4) is 0 Å². The molecule has 0 amide bonds. The third-order valence-electron chi connectivity index (χ3n) is 2.02. The predicted molar refractivity (Wildman–Crippen MR) is 57.7 cm³/mol. The SMILES string of the molecule is CC/C1=C/CC/C=C\CC1.[CH3][Pt][CH3]. The Morgan fingerprint density at radius 2 is 1.77 bits per heavy atom. The molecule has 0 heterocycles. The molecule has 0 bridgehead atoms. The molecule has 0 aromatic heterocycles. The van der Waals surface area contributed by atoms with Crippen LogP contribution in [0.2, 0.25) is 10.6 Å². The number of rotatable bonds is 1. The summed E-state index contributed by atoms with van der Waals surface area (Å²) in [6, 6.07) is 0. The van der Waals surface area contributed by atoms with E-state index >= 15 is 0 Å². The molecule has 0 saturated carbocycles. The van der Waals surface area contributed by atoms with Gasteiger partial charge in [0.2, 0.25) is 0 Å². The predicted octanol–water partition coefficient (Wildman–Crippen LogP) is 4.62. The second kappa shape index (κ2) is 10.3. The summed E-state index contributed by atoms with van der Waals surface area (Å²) in [4.78, 5) is 0. The maximum absolute atomic E-state index is 2.41. The molecule has 0 nitrogen and oxygen atoms in total. The molecule has 80 valence electrons. The van der Waals surface area contributed by atoms with Crippen molar-refractivity contribution in [3.63, 3.8) is 0 Å². The monoisotopic (exact) mass is 361 g/mol. The summed E-state index contributed by atoms with van der Waals surface area (Å²) < 4.78 is 0. The van der Waals surface area contributed by atoms with Crippen LogP contribution in [0.25, 0.3) is 0 Å². The van der Waals surface area contributed by atoms with Crippen LogP contribution in [-0.2, 0) is 18.6 Å². The van der Waals surface area contributed by atoms with Crippen LogP contribution in [0.4, 0.5) is 0 Å². The molecule has 1 heteroatoms. The topological polar surface area (TPSA) is 0 Å². The first-order valence-corrected chi connectivity index (χ1v) is 9.44. The second-order valence-corrected chi connectivity index (χ2v) is 5.39. The molecule has 13 heavy (non-hydrogen) atoms. The van der Waals surface area contributed by atoms with Gasteiger partial charge in [0.25, 0.3) is 0 Å². The average molecular weight is 361 g/mol. The first-order valence-electron chi connectivity index (χ1n) is 4.89. The fraction of sp³-hybridized carbons (Fsp3) is 0.667. The summed E-state index contributed by atoms with van der Waals surface area (Å²) in [5, 5.41) is 4.47. The maximum atomic E-state index is 2.41. The van der Waals surface area contributed by atoms with Crippen molar-refractivity contribution in [2.45, 2.75) is 49.7 Å². The van der Waals surface area contributed by atoms with E-state index in [0.29, 0.717) is 18.6 Å². The number of hydrogen-bond donors (Lipinski definition) is 0. The van der Waals surface area contributed by atoms with E-state index < -0.39 is 0 Å². The Kier molecular flexibility index (Phi) is 10.4. The van der Waals surface area contributed by atoms with Gasteiger partial charge in [0.15, 0.2) is 0 Å². The zero-order valence-corrected chi connectivity index (χ0v) is 11.4. The normalized spacial score (nSPS) is 23.2. The molecule has 0 fully saturated rings. The van der Waals surface area contributed by atoms with Crippen LogP contribution < -0.4 is 0 Å². The van der Waals surface area contributed by atoms with E-state index in [1.165, 1.54) is 32.1 Å². The number of allylic oxidation sites excluding steroid dienone is 4. The van der Waals surface area contributed by atoms with E-state index in [-0.39, 0.29) is 0 Å². The van der Waals surface area contributed by atoms with Gasteiger partial charge in [-0.1, -0.05) is 30.7 Å². The van der Waals surface area contributed by atoms with E-state index in [1.807, 2.05) is 0 Å². The van der Waals surface area contributed by atoms with Crippen molar-refractivity contribution in [2.24, 2.45) is 0 Å². The summed E-state index contributed by atoms with van der Waals surface area (Å²) in [6.45, 7) is 2.25. The molecule has 1 aliphatic rings. The van der Waals surface area contributed by atoms with Gasteiger partial charge in [0, 0.05) is 0 Å². The van der Waals surface area contributed by atoms with Crippen molar-refractivity contribution in [3.05, 3.63) is 23.8 Å². The first kappa shape index (κ1) is 13.2. The third-order valence-corrected chi connectivity index (χ3v) is 2.02. The van der Waals surface area contributed by atoms with Crippen LogP contribution in [0, 0.1) is 0 Å². The van der Waals surface area contributed by atoms with Gasteiger partial charge >= 0.3 is 29.2 Å². The van der Waals surface area contributed by atoms with E-state index in [4.69, 9.17) is 0 Å². The van der Waals surface area contributed by atoms with Gasteiger partial charge < -0.3 is 0 Å². The van der Waals surface area contributed by atoms with Gasteiger partial charge in [-0.05, 0) is 32.1 Å². The fourth-order valence-corrected chi connectivity index (χ4v) is 1.31. The molecule has 0 saturated heterocycles. The number of hydrogen-bond acceptors (Lipinski definition) is 0.